The molecule has 1 aliphatic heterocycles. The zero-order valence-corrected chi connectivity index (χ0v) is 24.7. The van der Waals surface area contributed by atoms with E-state index in [1.165, 1.54) is 47.9 Å². The van der Waals surface area contributed by atoms with Gasteiger partial charge in [-0.3, -0.25) is 24.5 Å². The van der Waals surface area contributed by atoms with Gasteiger partial charge in [0, 0.05) is 78.8 Å². The highest BCUT2D eigenvalue weighted by atomic mass is 35.5. The third-order valence-corrected chi connectivity index (χ3v) is 8.15. The SMILES string of the molecule is CCN1CCN(Cc2ccc(NC(=O)c3cc(Cl)cc(NC(=O)c4cncc(-c5cncs5)c4)c3)cc2C(F)(F)F)CC1. The molecule has 43 heavy (non-hydrogen) atoms. The Morgan fingerprint density at radius 3 is 2.30 bits per heavy atom. The van der Waals surface area contributed by atoms with E-state index in [1.54, 1.807) is 24.0 Å². The van der Waals surface area contributed by atoms with Crippen LogP contribution in [0.15, 0.2) is 66.6 Å². The number of thiazole rings is 1. The largest absolute Gasteiger partial charge is 0.416 e. The van der Waals surface area contributed by atoms with Crippen LogP contribution in [0.1, 0.15) is 38.8 Å². The lowest BCUT2D eigenvalue weighted by Crippen LogP contribution is -2.45. The Labute approximate surface area is 255 Å². The van der Waals surface area contributed by atoms with Gasteiger partial charge in [-0.05, 0) is 48.5 Å². The fourth-order valence-corrected chi connectivity index (χ4v) is 5.66. The second-order valence-corrected chi connectivity index (χ2v) is 11.4. The van der Waals surface area contributed by atoms with E-state index in [0.29, 0.717) is 13.1 Å². The molecule has 0 aliphatic carbocycles. The molecule has 0 spiro atoms. The summed E-state index contributed by atoms with van der Waals surface area (Å²) in [6.45, 7) is 6.13. The number of nitrogens with zero attached hydrogens (tertiary/aromatic N) is 4. The van der Waals surface area contributed by atoms with Crippen LogP contribution in [0.2, 0.25) is 5.02 Å². The van der Waals surface area contributed by atoms with E-state index in [-0.39, 0.29) is 39.6 Å². The number of pyridine rings is 1. The highest BCUT2D eigenvalue weighted by molar-refractivity contribution is 7.13. The molecule has 224 valence electrons. The van der Waals surface area contributed by atoms with Gasteiger partial charge in [-0.2, -0.15) is 13.2 Å². The molecule has 3 heterocycles. The number of amides is 2. The van der Waals surface area contributed by atoms with E-state index in [9.17, 15) is 22.8 Å². The van der Waals surface area contributed by atoms with Crippen molar-refractivity contribution < 1.29 is 22.8 Å². The number of piperazine rings is 1. The average Bonchev–Trinajstić information content (AvgIpc) is 3.53. The maximum absolute atomic E-state index is 14.0. The molecule has 0 radical (unpaired) electrons. The molecule has 0 atom stereocenters. The summed E-state index contributed by atoms with van der Waals surface area (Å²) >= 11 is 7.64. The Morgan fingerprint density at radius 2 is 1.60 bits per heavy atom. The number of carbonyl (C=O) groups excluding carboxylic acids is 2. The van der Waals surface area contributed by atoms with Crippen molar-refractivity contribution in [3.8, 4) is 10.4 Å². The van der Waals surface area contributed by atoms with Crippen LogP contribution in [0, 0.1) is 0 Å². The molecule has 2 aromatic heterocycles. The van der Waals surface area contributed by atoms with Gasteiger partial charge in [-0.15, -0.1) is 11.3 Å². The molecule has 1 saturated heterocycles. The Morgan fingerprint density at radius 1 is 0.884 bits per heavy atom. The maximum atomic E-state index is 14.0. The topological polar surface area (TPSA) is 90.5 Å². The quantitative estimate of drug-likeness (QED) is 0.231. The number of likely N-dealkylation sites (N-methyl/N-ethyl adjacent to an activating group) is 1. The molecule has 1 fully saturated rings. The third-order valence-electron chi connectivity index (χ3n) is 7.11. The van der Waals surface area contributed by atoms with Crippen molar-refractivity contribution in [3.63, 3.8) is 0 Å². The van der Waals surface area contributed by atoms with Crippen molar-refractivity contribution in [1.29, 1.82) is 0 Å². The van der Waals surface area contributed by atoms with Crippen LogP contribution < -0.4 is 10.6 Å². The normalized spacial score (nSPS) is 14.4. The van der Waals surface area contributed by atoms with Gasteiger partial charge in [0.05, 0.1) is 21.5 Å². The van der Waals surface area contributed by atoms with Crippen LogP contribution in [-0.4, -0.2) is 64.3 Å². The molecule has 13 heteroatoms. The summed E-state index contributed by atoms with van der Waals surface area (Å²) in [4.78, 5) is 39.3. The number of hydrogen-bond acceptors (Lipinski definition) is 7. The summed E-state index contributed by atoms with van der Waals surface area (Å²) in [6, 6.07) is 9.71. The highest BCUT2D eigenvalue weighted by Gasteiger charge is 2.34. The lowest BCUT2D eigenvalue weighted by molar-refractivity contribution is -0.138. The van der Waals surface area contributed by atoms with E-state index < -0.39 is 23.6 Å². The predicted octanol–water partition coefficient (Wildman–Crippen LogP) is 6.52. The zero-order valence-electron chi connectivity index (χ0n) is 23.1. The van der Waals surface area contributed by atoms with E-state index >= 15 is 0 Å². The molecule has 4 aromatic rings. The van der Waals surface area contributed by atoms with Crippen molar-refractivity contribution in [3.05, 3.63) is 93.8 Å². The van der Waals surface area contributed by atoms with Crippen LogP contribution in [0.4, 0.5) is 24.5 Å². The monoisotopic (exact) mass is 628 g/mol. The first-order valence-corrected chi connectivity index (χ1v) is 14.8. The van der Waals surface area contributed by atoms with Gasteiger partial charge in [-0.1, -0.05) is 24.6 Å². The molecule has 5 rings (SSSR count). The van der Waals surface area contributed by atoms with Crippen molar-refractivity contribution in [2.24, 2.45) is 0 Å². The molecule has 2 N–H and O–H groups in total. The Hall–Kier alpha value is -3.84. The van der Waals surface area contributed by atoms with Gasteiger partial charge >= 0.3 is 6.18 Å². The lowest BCUT2D eigenvalue weighted by atomic mass is 10.0. The second kappa shape index (κ2) is 13.2. The minimum absolute atomic E-state index is 0.00612. The standard InChI is InChI=1S/C30H28ClF3N6O2S/c1-2-39-5-7-40(8-6-39)17-19-3-4-24(13-26(19)30(32,33)34)37-28(41)20-10-23(31)12-25(11-20)38-29(42)22-9-21(14-35-15-22)27-16-36-18-43-27/h3-4,9-16,18H,2,5-8,17H2,1H3,(H,37,41)(H,38,42). The number of carbonyl (C=O) groups is 2. The van der Waals surface area contributed by atoms with Gasteiger partial charge in [0.25, 0.3) is 11.8 Å². The number of rotatable bonds is 8. The van der Waals surface area contributed by atoms with E-state index in [2.05, 4.69) is 32.4 Å². The van der Waals surface area contributed by atoms with Gasteiger partial charge in [0.15, 0.2) is 0 Å². The number of nitrogens with one attached hydrogen (secondary N) is 2. The number of halogens is 4. The summed E-state index contributed by atoms with van der Waals surface area (Å²) in [6.07, 6.45) is 0.105. The van der Waals surface area contributed by atoms with Crippen molar-refractivity contribution in [2.45, 2.75) is 19.6 Å². The van der Waals surface area contributed by atoms with E-state index in [0.717, 1.165) is 36.1 Å². The summed E-state index contributed by atoms with van der Waals surface area (Å²) in [7, 11) is 0. The van der Waals surface area contributed by atoms with Crippen LogP contribution in [0.5, 0.6) is 0 Å². The minimum Gasteiger partial charge on any atom is -0.322 e. The zero-order chi connectivity index (χ0) is 30.6. The van der Waals surface area contributed by atoms with Crippen molar-refractivity contribution in [2.75, 3.05) is 43.4 Å². The first kappa shape index (κ1) is 30.6. The van der Waals surface area contributed by atoms with E-state index in [4.69, 9.17) is 11.6 Å². The lowest BCUT2D eigenvalue weighted by Gasteiger charge is -2.34. The molecule has 0 unspecified atom stereocenters. The maximum Gasteiger partial charge on any atom is 0.416 e. The fraction of sp³-hybridized carbons (Fsp3) is 0.267. The summed E-state index contributed by atoms with van der Waals surface area (Å²) < 4.78 is 42.1. The van der Waals surface area contributed by atoms with Crippen LogP contribution in [0.3, 0.4) is 0 Å². The smallest absolute Gasteiger partial charge is 0.322 e. The second-order valence-electron chi connectivity index (χ2n) is 10.0. The van der Waals surface area contributed by atoms with Gasteiger partial charge in [-0.25, -0.2) is 0 Å². The number of aromatic nitrogens is 2. The Bertz CT molecular complexity index is 1610. The Balaban J connectivity index is 1.29. The van der Waals surface area contributed by atoms with Gasteiger partial charge < -0.3 is 15.5 Å². The van der Waals surface area contributed by atoms with Crippen LogP contribution in [-0.2, 0) is 12.7 Å². The highest BCUT2D eigenvalue weighted by Crippen LogP contribution is 2.35. The molecular formula is C30H28ClF3N6O2S. The molecule has 0 saturated carbocycles. The van der Waals surface area contributed by atoms with Crippen molar-refractivity contribution >= 4 is 46.1 Å². The molecule has 2 amide bonds. The van der Waals surface area contributed by atoms with Crippen LogP contribution in [0.25, 0.3) is 10.4 Å². The van der Waals surface area contributed by atoms with Gasteiger partial charge in [0.2, 0.25) is 0 Å². The van der Waals surface area contributed by atoms with Gasteiger partial charge in [0.1, 0.15) is 0 Å². The molecule has 1 aliphatic rings. The summed E-state index contributed by atoms with van der Waals surface area (Å²) in [5.41, 5.74) is 2.33. The average molecular weight is 629 g/mol. The van der Waals surface area contributed by atoms with Crippen molar-refractivity contribution in [1.82, 2.24) is 19.8 Å². The van der Waals surface area contributed by atoms with E-state index in [1.807, 2.05) is 4.90 Å². The fourth-order valence-electron chi connectivity index (χ4n) is 4.82. The number of hydrogen-bond donors (Lipinski definition) is 2. The first-order valence-electron chi connectivity index (χ1n) is 13.5. The Kier molecular flexibility index (Phi) is 9.40. The van der Waals surface area contributed by atoms with Crippen LogP contribution >= 0.6 is 22.9 Å². The molecule has 2 aromatic carbocycles. The molecule has 8 nitrogen and oxygen atoms in total. The number of anilines is 2. The molecule has 0 bridgehead atoms. The summed E-state index contributed by atoms with van der Waals surface area (Å²) in [5, 5.41) is 5.39. The molecular weight excluding hydrogens is 601 g/mol. The third kappa shape index (κ3) is 7.77. The minimum atomic E-state index is -4.60. The predicted molar refractivity (Wildman–Crippen MR) is 162 cm³/mol. The summed E-state index contributed by atoms with van der Waals surface area (Å²) in [5.74, 6) is -1.16. The number of benzene rings is 2. The number of alkyl halides is 3. The first-order chi connectivity index (χ1) is 20.6.